The molecule has 0 radical (unpaired) electrons. The van der Waals surface area contributed by atoms with Gasteiger partial charge in [-0.05, 0) is 69.8 Å². The second-order valence-electron chi connectivity index (χ2n) is 14.1. The Hall–Kier alpha value is -4.36. The highest BCUT2D eigenvalue weighted by molar-refractivity contribution is 7.87. The summed E-state index contributed by atoms with van der Waals surface area (Å²) in [5, 5.41) is 0. The molecule has 2 aliphatic rings. The fraction of sp³-hybridized carbons (Fsp3) is 0.389. The lowest BCUT2D eigenvalue weighted by Gasteiger charge is -2.31. The molecule has 5 rings (SSSR count). The number of rotatable bonds is 15. The molecule has 0 bridgehead atoms. The monoisotopic (exact) mass is 937 g/mol. The third-order valence-electron chi connectivity index (χ3n) is 9.87. The van der Waals surface area contributed by atoms with Crippen molar-refractivity contribution in [3.63, 3.8) is 0 Å². The Kier molecular flexibility index (Phi) is 11.9. The molecule has 0 N–H and O–H groups in total. The van der Waals surface area contributed by atoms with E-state index < -0.39 is 97.0 Å². The van der Waals surface area contributed by atoms with E-state index in [9.17, 15) is 87.1 Å². The molecule has 0 aromatic heterocycles. The van der Waals surface area contributed by atoms with E-state index in [-0.39, 0.29) is 27.8 Å². The molecule has 0 fully saturated rings. The van der Waals surface area contributed by atoms with Gasteiger partial charge in [-0.1, -0.05) is 50.3 Å². The summed E-state index contributed by atoms with van der Waals surface area (Å²) >= 11 is 0. The number of fused-ring (bicyclic) bond motifs is 4. The van der Waals surface area contributed by atoms with Crippen LogP contribution in [0, 0.1) is 0 Å². The molecule has 1 aliphatic heterocycles. The molecule has 3 aromatic carbocycles. The first-order valence-corrected chi connectivity index (χ1v) is 19.6. The van der Waals surface area contributed by atoms with Gasteiger partial charge in [-0.15, -0.1) is 0 Å². The van der Waals surface area contributed by atoms with E-state index in [1.807, 2.05) is 0 Å². The Morgan fingerprint density at radius 1 is 0.607 bits per heavy atom. The molecule has 1 heterocycles. The van der Waals surface area contributed by atoms with Crippen LogP contribution in [0.5, 0.6) is 0 Å². The maximum absolute atomic E-state index is 14.2. The van der Waals surface area contributed by atoms with Crippen LogP contribution in [0.3, 0.4) is 0 Å². The van der Waals surface area contributed by atoms with Gasteiger partial charge in [0.1, 0.15) is 13.2 Å². The van der Waals surface area contributed by atoms with Crippen LogP contribution in [0.25, 0.3) is 16.7 Å². The zero-order chi connectivity index (χ0) is 46.3. The van der Waals surface area contributed by atoms with Crippen LogP contribution >= 0.6 is 0 Å². The number of hydrogen-bond acceptors (Lipinski definition) is 7. The van der Waals surface area contributed by atoms with Gasteiger partial charge >= 0.3 is 48.4 Å². The van der Waals surface area contributed by atoms with Crippen LogP contribution < -0.4 is 4.90 Å². The summed E-state index contributed by atoms with van der Waals surface area (Å²) in [4.78, 5) is -0.556. The number of halogens is 16. The van der Waals surface area contributed by atoms with E-state index in [1.54, 1.807) is 50.1 Å². The average molecular weight is 938 g/mol. The first-order chi connectivity index (χ1) is 27.6. The van der Waals surface area contributed by atoms with Crippen LogP contribution in [0.2, 0.25) is 0 Å². The number of anilines is 1. The number of allylic oxidation sites excluding steroid dienone is 3. The zero-order valence-electron chi connectivity index (χ0n) is 30.8. The summed E-state index contributed by atoms with van der Waals surface area (Å²) in [6.45, 7) is -2.56. The van der Waals surface area contributed by atoms with Gasteiger partial charge in [0, 0.05) is 23.8 Å². The highest BCUT2D eigenvalue weighted by atomic mass is 32.2. The largest absolute Gasteiger partial charge is 0.380 e. The van der Waals surface area contributed by atoms with E-state index in [4.69, 9.17) is 0 Å². The van der Waals surface area contributed by atoms with Crippen LogP contribution in [0.4, 0.5) is 75.9 Å². The molecule has 0 atom stereocenters. The van der Waals surface area contributed by atoms with E-state index in [0.29, 0.717) is 35.6 Å². The van der Waals surface area contributed by atoms with Gasteiger partial charge in [-0.25, -0.2) is 17.6 Å². The topological polar surface area (TPSA) is 90.0 Å². The highest BCUT2D eigenvalue weighted by Crippen LogP contribution is 2.52. The number of hydrogen-bond donors (Lipinski definition) is 0. The van der Waals surface area contributed by atoms with Gasteiger partial charge in [0.05, 0.1) is 9.79 Å². The molecular weight excluding hydrogens is 910 g/mol. The van der Waals surface area contributed by atoms with Crippen molar-refractivity contribution >= 4 is 31.5 Å². The molecule has 61 heavy (non-hydrogen) atoms. The number of alkyl halides is 16. The summed E-state index contributed by atoms with van der Waals surface area (Å²) in [6.07, 6.45) is -7.93. The third-order valence-corrected chi connectivity index (χ3v) is 12.4. The fourth-order valence-electron chi connectivity index (χ4n) is 6.44. The van der Waals surface area contributed by atoms with Crippen molar-refractivity contribution in [3.8, 4) is 11.1 Å². The van der Waals surface area contributed by atoms with Crippen molar-refractivity contribution in [1.29, 1.82) is 0 Å². The average Bonchev–Trinajstić information content (AvgIpc) is 3.57. The number of benzene rings is 3. The summed E-state index contributed by atoms with van der Waals surface area (Å²) in [7, 11) is -9.70. The molecular formula is C36H27F16NO6S2. The lowest BCUT2D eigenvalue weighted by atomic mass is 9.83. The first-order valence-electron chi connectivity index (χ1n) is 16.8. The van der Waals surface area contributed by atoms with E-state index in [0.717, 1.165) is 17.7 Å². The summed E-state index contributed by atoms with van der Waals surface area (Å²) in [5.41, 5.74) is 0.536. The van der Waals surface area contributed by atoms with Crippen molar-refractivity contribution in [2.75, 3.05) is 25.2 Å². The smallest absolute Gasteiger partial charge is 0.347 e. The van der Waals surface area contributed by atoms with E-state index in [1.165, 1.54) is 12.2 Å². The molecule has 7 nitrogen and oxygen atoms in total. The molecule has 0 saturated heterocycles. The SMILES string of the molecule is CN1/C(=C/C=C2c3cc(S(=O)(=O)OCC(F)(F)C(F)(F)C(F)(F)C(F)F)ccc3-c3ccc(S(=O)(=O)OCC(F)(F)C(F)(F)C(F)(F)C(F)F)cc32)C(C)(C)c2ccccc21. The van der Waals surface area contributed by atoms with Crippen LogP contribution in [0.15, 0.2) is 88.3 Å². The lowest BCUT2D eigenvalue weighted by molar-refractivity contribution is -0.342. The van der Waals surface area contributed by atoms with Crippen LogP contribution in [-0.4, -0.2) is 85.5 Å². The van der Waals surface area contributed by atoms with Gasteiger partial charge in [-0.2, -0.15) is 69.5 Å². The molecule has 0 amide bonds. The molecule has 0 saturated carbocycles. The van der Waals surface area contributed by atoms with Crippen molar-refractivity contribution in [2.24, 2.45) is 0 Å². The maximum Gasteiger partial charge on any atom is 0.380 e. The highest BCUT2D eigenvalue weighted by Gasteiger charge is 2.76. The quantitative estimate of drug-likeness (QED) is 0.0866. The van der Waals surface area contributed by atoms with Crippen molar-refractivity contribution in [3.05, 3.63) is 95.2 Å². The Morgan fingerprint density at radius 2 is 1.00 bits per heavy atom. The zero-order valence-corrected chi connectivity index (χ0v) is 32.4. The lowest BCUT2D eigenvalue weighted by Crippen LogP contribution is -2.59. The normalized spacial score (nSPS) is 17.0. The Morgan fingerprint density at radius 3 is 1.38 bits per heavy atom. The van der Waals surface area contributed by atoms with Gasteiger partial charge in [-0.3, -0.25) is 8.37 Å². The predicted molar refractivity (Wildman–Crippen MR) is 183 cm³/mol. The Balaban J connectivity index is 1.58. The maximum atomic E-state index is 14.2. The number of likely N-dealkylation sites (N-methyl/N-ethyl adjacent to an activating group) is 1. The summed E-state index contributed by atoms with van der Waals surface area (Å²) in [6, 6.07) is 11.4. The minimum Gasteiger partial charge on any atom is -0.347 e. The molecule has 1 aliphatic carbocycles. The Labute approximate surface area is 335 Å². The second kappa shape index (κ2) is 15.2. The van der Waals surface area contributed by atoms with E-state index >= 15 is 0 Å². The molecule has 0 spiro atoms. The van der Waals surface area contributed by atoms with E-state index in [2.05, 4.69) is 8.37 Å². The molecule has 336 valence electrons. The van der Waals surface area contributed by atoms with Crippen molar-refractivity contribution < 1.29 is 95.4 Å². The van der Waals surface area contributed by atoms with Crippen molar-refractivity contribution in [2.45, 2.75) is 77.4 Å². The number of nitrogens with zero attached hydrogens (tertiary/aromatic N) is 1. The minimum atomic E-state index is -6.83. The Bertz CT molecular complexity index is 2380. The predicted octanol–water partition coefficient (Wildman–Crippen LogP) is 10.2. The third kappa shape index (κ3) is 7.76. The standard InChI is InChI=1S/C36H27F16NO6S2/c1-30(2)25-6-4-5-7-26(25)53(3)27(30)13-12-22-23-14-18(60(54,55)58-16-31(41,42)35(49,50)33(45,46)28(37)38)8-10-20(23)21-11-9-19(15-24(21)22)61(56,57)59-17-32(43,44)36(51,52)34(47,48)29(39)40/h4-15,28-29H,16-17H2,1-3H3/b27-13+. The van der Waals surface area contributed by atoms with Gasteiger partial charge in [0.15, 0.2) is 0 Å². The minimum absolute atomic E-state index is 0.0142. The molecule has 0 unspecified atom stereocenters. The van der Waals surface area contributed by atoms with Gasteiger partial charge in [0.2, 0.25) is 0 Å². The first kappa shape index (κ1) is 47.7. The van der Waals surface area contributed by atoms with Gasteiger partial charge in [0.25, 0.3) is 20.2 Å². The number of para-hydroxylation sites is 1. The van der Waals surface area contributed by atoms with Gasteiger partial charge < -0.3 is 4.90 Å². The molecule has 25 heteroatoms. The van der Waals surface area contributed by atoms with Crippen LogP contribution in [0.1, 0.15) is 30.5 Å². The second-order valence-corrected chi connectivity index (χ2v) is 17.3. The summed E-state index contributed by atoms with van der Waals surface area (Å²) in [5.74, 6) is -39.4. The molecule has 3 aromatic rings. The van der Waals surface area contributed by atoms with Crippen LogP contribution in [-0.2, 0) is 34.0 Å². The summed E-state index contributed by atoms with van der Waals surface area (Å²) < 4.78 is 276. The fourth-order valence-corrected chi connectivity index (χ4v) is 8.32. The van der Waals surface area contributed by atoms with Crippen molar-refractivity contribution in [1.82, 2.24) is 0 Å².